The standard InChI is InChI=1S/C22H17ClN4O3S2/c23-18-12-11-17(13-19(18)32(29,30)24-14-15-7-3-1-4-8-15)20(28)25-22-27-26-21(31-22)16-9-5-2-6-10-16/h1-13,24H,14H2,(H,25,27,28). The van der Waals surface area contributed by atoms with Gasteiger partial charge >= 0.3 is 0 Å². The van der Waals surface area contributed by atoms with Crippen molar-refractivity contribution >= 4 is 44.0 Å². The number of carbonyl (C=O) groups excluding carboxylic acids is 1. The van der Waals surface area contributed by atoms with E-state index in [9.17, 15) is 13.2 Å². The third-order valence-electron chi connectivity index (χ3n) is 4.46. The molecule has 0 radical (unpaired) electrons. The summed E-state index contributed by atoms with van der Waals surface area (Å²) >= 11 is 7.34. The molecule has 0 aliphatic rings. The van der Waals surface area contributed by atoms with Gasteiger partial charge in [-0.3, -0.25) is 10.1 Å². The minimum absolute atomic E-state index is 0.0180. The average molecular weight is 485 g/mol. The fourth-order valence-electron chi connectivity index (χ4n) is 2.84. The Labute approximate surface area is 194 Å². The maximum atomic E-state index is 12.8. The van der Waals surface area contributed by atoms with Crippen LogP contribution in [0.15, 0.2) is 83.8 Å². The number of hydrogen-bond donors (Lipinski definition) is 2. The van der Waals surface area contributed by atoms with Gasteiger partial charge in [0.25, 0.3) is 5.91 Å². The van der Waals surface area contributed by atoms with E-state index < -0.39 is 15.9 Å². The highest BCUT2D eigenvalue weighted by atomic mass is 35.5. The molecule has 162 valence electrons. The van der Waals surface area contributed by atoms with Crippen molar-refractivity contribution in [1.82, 2.24) is 14.9 Å². The molecular formula is C22H17ClN4O3S2. The zero-order valence-electron chi connectivity index (χ0n) is 16.5. The van der Waals surface area contributed by atoms with Crippen molar-refractivity contribution in [1.29, 1.82) is 0 Å². The highest BCUT2D eigenvalue weighted by molar-refractivity contribution is 7.89. The van der Waals surface area contributed by atoms with Crippen LogP contribution in [-0.4, -0.2) is 24.5 Å². The van der Waals surface area contributed by atoms with Gasteiger partial charge in [-0.05, 0) is 23.8 Å². The number of halogens is 1. The molecule has 1 heterocycles. The second-order valence-corrected chi connectivity index (χ2v) is 9.81. The molecule has 0 fully saturated rings. The highest BCUT2D eigenvalue weighted by Gasteiger charge is 2.21. The van der Waals surface area contributed by atoms with Crippen molar-refractivity contribution in [3.63, 3.8) is 0 Å². The van der Waals surface area contributed by atoms with Gasteiger partial charge in [0.2, 0.25) is 15.2 Å². The van der Waals surface area contributed by atoms with E-state index in [4.69, 9.17) is 11.6 Å². The molecule has 0 atom stereocenters. The molecule has 0 aliphatic carbocycles. The number of carbonyl (C=O) groups is 1. The molecule has 1 amide bonds. The van der Waals surface area contributed by atoms with Crippen molar-refractivity contribution in [2.24, 2.45) is 0 Å². The minimum Gasteiger partial charge on any atom is -0.296 e. The first-order valence-corrected chi connectivity index (χ1v) is 12.1. The first-order chi connectivity index (χ1) is 15.4. The Morgan fingerprint density at radius 1 is 0.938 bits per heavy atom. The lowest BCUT2D eigenvalue weighted by atomic mass is 10.2. The van der Waals surface area contributed by atoms with Crippen molar-refractivity contribution in [2.75, 3.05) is 5.32 Å². The van der Waals surface area contributed by atoms with E-state index >= 15 is 0 Å². The largest absolute Gasteiger partial charge is 0.296 e. The number of anilines is 1. The first kappa shape index (κ1) is 22.1. The van der Waals surface area contributed by atoms with Gasteiger partial charge in [0.05, 0.1) is 5.02 Å². The molecule has 7 nitrogen and oxygen atoms in total. The summed E-state index contributed by atoms with van der Waals surface area (Å²) in [6.45, 7) is 0.100. The minimum atomic E-state index is -3.94. The van der Waals surface area contributed by atoms with Gasteiger partial charge in [0.1, 0.15) is 9.90 Å². The Balaban J connectivity index is 1.50. The zero-order chi connectivity index (χ0) is 22.6. The Morgan fingerprint density at radius 3 is 2.34 bits per heavy atom. The molecule has 0 saturated carbocycles. The monoisotopic (exact) mass is 484 g/mol. The number of aromatic nitrogens is 2. The van der Waals surface area contributed by atoms with Gasteiger partial charge < -0.3 is 0 Å². The fraction of sp³-hybridized carbons (Fsp3) is 0.0455. The van der Waals surface area contributed by atoms with Crippen molar-refractivity contribution in [2.45, 2.75) is 11.4 Å². The maximum Gasteiger partial charge on any atom is 0.257 e. The molecule has 0 spiro atoms. The molecule has 2 N–H and O–H groups in total. The molecule has 1 aromatic heterocycles. The smallest absolute Gasteiger partial charge is 0.257 e. The van der Waals surface area contributed by atoms with Crippen molar-refractivity contribution < 1.29 is 13.2 Å². The number of benzene rings is 3. The summed E-state index contributed by atoms with van der Waals surface area (Å²) in [6.07, 6.45) is 0. The zero-order valence-corrected chi connectivity index (χ0v) is 18.9. The van der Waals surface area contributed by atoms with Crippen LogP contribution in [0, 0.1) is 0 Å². The SMILES string of the molecule is O=C(Nc1nnc(-c2ccccc2)s1)c1ccc(Cl)c(S(=O)(=O)NCc2ccccc2)c1. The van der Waals surface area contributed by atoms with Gasteiger partial charge in [-0.2, -0.15) is 0 Å². The predicted octanol–water partition coefficient (Wildman–Crippen LogP) is 4.59. The number of rotatable bonds is 7. The van der Waals surface area contributed by atoms with Crippen LogP contribution in [0.1, 0.15) is 15.9 Å². The first-order valence-electron chi connectivity index (χ1n) is 9.46. The molecular weight excluding hydrogens is 468 g/mol. The summed E-state index contributed by atoms with van der Waals surface area (Å²) in [5.74, 6) is -0.517. The molecule has 3 aromatic carbocycles. The van der Waals surface area contributed by atoms with E-state index in [0.717, 1.165) is 11.1 Å². The molecule has 0 bridgehead atoms. The van der Waals surface area contributed by atoms with Crippen molar-refractivity contribution in [3.8, 4) is 10.6 Å². The fourth-order valence-corrected chi connectivity index (χ4v) is 5.13. The van der Waals surface area contributed by atoms with E-state index in [2.05, 4.69) is 20.2 Å². The summed E-state index contributed by atoms with van der Waals surface area (Å²) in [6, 6.07) is 22.6. The number of amides is 1. The Bertz CT molecular complexity index is 1340. The summed E-state index contributed by atoms with van der Waals surface area (Å²) in [4.78, 5) is 12.5. The Morgan fingerprint density at radius 2 is 1.62 bits per heavy atom. The number of nitrogens with one attached hydrogen (secondary N) is 2. The topological polar surface area (TPSA) is 101 Å². The maximum absolute atomic E-state index is 12.8. The average Bonchev–Trinajstić information content (AvgIpc) is 3.28. The van der Waals surface area contributed by atoms with Crippen LogP contribution in [0.2, 0.25) is 5.02 Å². The number of nitrogens with zero attached hydrogens (tertiary/aromatic N) is 2. The van der Waals surface area contributed by atoms with Crippen LogP contribution in [0.4, 0.5) is 5.13 Å². The van der Waals surface area contributed by atoms with Crippen molar-refractivity contribution in [3.05, 3.63) is 95.0 Å². The highest BCUT2D eigenvalue weighted by Crippen LogP contribution is 2.27. The lowest BCUT2D eigenvalue weighted by Crippen LogP contribution is -2.24. The third kappa shape index (κ3) is 5.20. The third-order valence-corrected chi connectivity index (χ3v) is 7.23. The van der Waals surface area contributed by atoms with E-state index in [1.807, 2.05) is 48.5 Å². The van der Waals surface area contributed by atoms with Gasteiger partial charge in [-0.15, -0.1) is 10.2 Å². The molecule has 0 saturated heterocycles. The van der Waals surface area contributed by atoms with Crippen LogP contribution >= 0.6 is 22.9 Å². The summed E-state index contributed by atoms with van der Waals surface area (Å²) < 4.78 is 28.0. The molecule has 10 heteroatoms. The van der Waals surface area contributed by atoms with E-state index in [0.29, 0.717) is 10.1 Å². The van der Waals surface area contributed by atoms with Gasteiger partial charge in [0.15, 0.2) is 0 Å². The van der Waals surface area contributed by atoms with E-state index in [1.54, 1.807) is 12.1 Å². The summed E-state index contributed by atoms with van der Waals surface area (Å²) in [7, 11) is -3.94. The van der Waals surface area contributed by atoms with Crippen LogP contribution in [0.5, 0.6) is 0 Å². The van der Waals surface area contributed by atoms with Crippen LogP contribution in [0.3, 0.4) is 0 Å². The molecule has 32 heavy (non-hydrogen) atoms. The number of sulfonamides is 1. The van der Waals surface area contributed by atoms with Crippen LogP contribution in [-0.2, 0) is 16.6 Å². The van der Waals surface area contributed by atoms with E-state index in [1.165, 1.54) is 29.5 Å². The Kier molecular flexibility index (Phi) is 6.61. The van der Waals surface area contributed by atoms with Crippen LogP contribution < -0.4 is 10.0 Å². The second-order valence-electron chi connectivity index (χ2n) is 6.69. The predicted molar refractivity (Wildman–Crippen MR) is 125 cm³/mol. The second kappa shape index (κ2) is 9.58. The molecule has 4 rings (SSSR count). The summed E-state index contributed by atoms with van der Waals surface area (Å²) in [5, 5.41) is 11.7. The summed E-state index contributed by atoms with van der Waals surface area (Å²) in [5.41, 5.74) is 1.81. The van der Waals surface area contributed by atoms with Crippen LogP contribution in [0.25, 0.3) is 10.6 Å². The quantitative estimate of drug-likeness (QED) is 0.399. The Hall–Kier alpha value is -3.11. The lowest BCUT2D eigenvalue weighted by molar-refractivity contribution is 0.102. The number of hydrogen-bond acceptors (Lipinski definition) is 6. The normalized spacial score (nSPS) is 11.3. The van der Waals surface area contributed by atoms with E-state index in [-0.39, 0.29) is 22.0 Å². The lowest BCUT2D eigenvalue weighted by Gasteiger charge is -2.10. The van der Waals surface area contributed by atoms with Gasteiger partial charge in [-0.25, -0.2) is 13.1 Å². The molecule has 4 aromatic rings. The molecule has 0 aliphatic heterocycles. The van der Waals surface area contributed by atoms with Gasteiger partial charge in [0, 0.05) is 17.7 Å². The molecule has 0 unspecified atom stereocenters. The van der Waals surface area contributed by atoms with Gasteiger partial charge in [-0.1, -0.05) is 83.6 Å².